The van der Waals surface area contributed by atoms with E-state index in [9.17, 15) is 4.79 Å². The van der Waals surface area contributed by atoms with E-state index in [0.717, 1.165) is 18.5 Å². The Bertz CT molecular complexity index is 536. The maximum absolute atomic E-state index is 12.7. The molecule has 3 rings (SSSR count). The third-order valence-corrected chi connectivity index (χ3v) is 5.70. The molecule has 0 aromatic heterocycles. The van der Waals surface area contributed by atoms with Gasteiger partial charge >= 0.3 is 0 Å². The van der Waals surface area contributed by atoms with E-state index >= 15 is 0 Å². The highest BCUT2D eigenvalue weighted by atomic mass is 16.1. The Hall–Kier alpha value is -1.35. The molecule has 2 fully saturated rings. The molecule has 3 heteroatoms. The van der Waals surface area contributed by atoms with Gasteiger partial charge in [-0.1, -0.05) is 38.3 Å². The number of likely N-dealkylation sites (tertiary alicyclic amines) is 1. The molecule has 1 aliphatic heterocycles. The van der Waals surface area contributed by atoms with Crippen molar-refractivity contribution in [2.24, 2.45) is 5.92 Å². The maximum Gasteiger partial charge on any atom is 0.251 e. The fraction of sp³-hybridized carbons (Fsp3) is 0.667. The van der Waals surface area contributed by atoms with Gasteiger partial charge in [-0.25, -0.2) is 0 Å². The Balaban J connectivity index is 1.58. The monoisotopic (exact) mass is 328 g/mol. The summed E-state index contributed by atoms with van der Waals surface area (Å²) < 4.78 is 0. The van der Waals surface area contributed by atoms with Gasteiger partial charge in [-0.15, -0.1) is 0 Å². The van der Waals surface area contributed by atoms with Crippen molar-refractivity contribution in [3.63, 3.8) is 0 Å². The first-order valence-electron chi connectivity index (χ1n) is 9.88. The second-order valence-electron chi connectivity index (χ2n) is 7.60. The van der Waals surface area contributed by atoms with E-state index in [1.54, 1.807) is 0 Å². The third kappa shape index (κ3) is 4.60. The summed E-state index contributed by atoms with van der Waals surface area (Å²) in [6.07, 6.45) is 10.1. The van der Waals surface area contributed by atoms with Gasteiger partial charge in [-0.05, 0) is 68.8 Å². The maximum atomic E-state index is 12.7. The first kappa shape index (κ1) is 17.5. The van der Waals surface area contributed by atoms with Gasteiger partial charge in [-0.3, -0.25) is 9.69 Å². The van der Waals surface area contributed by atoms with Crippen molar-refractivity contribution in [1.82, 2.24) is 10.2 Å². The molecule has 1 heterocycles. The highest BCUT2D eigenvalue weighted by Gasteiger charge is 2.28. The quantitative estimate of drug-likeness (QED) is 0.806. The minimum atomic E-state index is 0.117. The number of hydrogen-bond acceptors (Lipinski definition) is 2. The number of benzene rings is 1. The number of carbonyl (C=O) groups excluding carboxylic acids is 1. The van der Waals surface area contributed by atoms with Crippen LogP contribution in [0, 0.1) is 5.92 Å². The third-order valence-electron chi connectivity index (χ3n) is 5.70. The number of rotatable bonds is 7. The summed E-state index contributed by atoms with van der Waals surface area (Å²) in [7, 11) is 0. The van der Waals surface area contributed by atoms with Crippen LogP contribution in [0.1, 0.15) is 74.2 Å². The van der Waals surface area contributed by atoms with Crippen LogP contribution in [-0.4, -0.2) is 29.9 Å². The number of nitrogens with zero attached hydrogens (tertiary/aromatic N) is 1. The zero-order chi connectivity index (χ0) is 16.8. The second-order valence-corrected chi connectivity index (χ2v) is 7.60. The topological polar surface area (TPSA) is 32.3 Å². The summed E-state index contributed by atoms with van der Waals surface area (Å²) in [5.41, 5.74) is 2.09. The molecule has 1 saturated heterocycles. The molecular weight excluding hydrogens is 296 g/mol. The van der Waals surface area contributed by atoms with Gasteiger partial charge < -0.3 is 5.32 Å². The molecule has 0 bridgehead atoms. The van der Waals surface area contributed by atoms with Crippen molar-refractivity contribution >= 4 is 5.91 Å². The lowest BCUT2D eigenvalue weighted by atomic mass is 9.96. The zero-order valence-corrected chi connectivity index (χ0v) is 15.1. The second kappa shape index (κ2) is 8.66. The molecule has 1 amide bonds. The van der Waals surface area contributed by atoms with Gasteiger partial charge in [0, 0.05) is 18.2 Å². The molecule has 1 saturated carbocycles. The van der Waals surface area contributed by atoms with Crippen LogP contribution in [0.15, 0.2) is 24.3 Å². The highest BCUT2D eigenvalue weighted by Crippen LogP contribution is 2.30. The van der Waals surface area contributed by atoms with Gasteiger partial charge in [0.25, 0.3) is 5.91 Å². The van der Waals surface area contributed by atoms with Gasteiger partial charge in [0.2, 0.25) is 0 Å². The van der Waals surface area contributed by atoms with Crippen LogP contribution in [0.25, 0.3) is 0 Å². The Morgan fingerprint density at radius 1 is 1.21 bits per heavy atom. The van der Waals surface area contributed by atoms with E-state index in [1.165, 1.54) is 63.6 Å². The SMILES string of the molecule is CCCCC1CCCC1NC(=O)c1cccc(CN2CCCC2)c1. The number of hydrogen-bond donors (Lipinski definition) is 1. The lowest BCUT2D eigenvalue weighted by molar-refractivity contribution is 0.0926. The number of nitrogens with one attached hydrogen (secondary N) is 1. The molecule has 1 N–H and O–H groups in total. The van der Waals surface area contributed by atoms with E-state index in [0.29, 0.717) is 12.0 Å². The van der Waals surface area contributed by atoms with Gasteiger partial charge in [0.15, 0.2) is 0 Å². The number of amides is 1. The first-order valence-corrected chi connectivity index (χ1v) is 9.88. The average Bonchev–Trinajstić information content (AvgIpc) is 3.25. The fourth-order valence-corrected chi connectivity index (χ4v) is 4.30. The Kier molecular flexibility index (Phi) is 6.30. The molecule has 2 atom stereocenters. The molecule has 1 aromatic rings. The largest absolute Gasteiger partial charge is 0.349 e. The average molecular weight is 329 g/mol. The molecule has 2 aliphatic rings. The first-order chi connectivity index (χ1) is 11.8. The summed E-state index contributed by atoms with van der Waals surface area (Å²) in [5.74, 6) is 0.799. The predicted octanol–water partition coefficient (Wildman–Crippen LogP) is 4.37. The summed E-state index contributed by atoms with van der Waals surface area (Å²) in [6.45, 7) is 5.60. The Morgan fingerprint density at radius 2 is 2.04 bits per heavy atom. The van der Waals surface area contributed by atoms with E-state index in [-0.39, 0.29) is 5.91 Å². The normalized spacial score (nSPS) is 24.4. The van der Waals surface area contributed by atoms with Crippen LogP contribution in [-0.2, 0) is 6.54 Å². The van der Waals surface area contributed by atoms with Crippen LogP contribution in [0.5, 0.6) is 0 Å². The Labute approximate surface area is 146 Å². The number of carbonyl (C=O) groups is 1. The van der Waals surface area contributed by atoms with Crippen molar-refractivity contribution in [2.45, 2.75) is 70.9 Å². The lowest BCUT2D eigenvalue weighted by Crippen LogP contribution is -2.37. The van der Waals surface area contributed by atoms with Gasteiger partial charge in [0.05, 0.1) is 0 Å². The minimum Gasteiger partial charge on any atom is -0.349 e. The van der Waals surface area contributed by atoms with Crippen LogP contribution < -0.4 is 5.32 Å². The van der Waals surface area contributed by atoms with Crippen molar-refractivity contribution in [3.8, 4) is 0 Å². The van der Waals surface area contributed by atoms with E-state index in [2.05, 4.69) is 29.3 Å². The van der Waals surface area contributed by atoms with Crippen molar-refractivity contribution < 1.29 is 4.79 Å². The summed E-state index contributed by atoms with van der Waals surface area (Å²) in [5, 5.41) is 3.32. The summed E-state index contributed by atoms with van der Waals surface area (Å²) in [6, 6.07) is 8.60. The Morgan fingerprint density at radius 3 is 2.83 bits per heavy atom. The van der Waals surface area contributed by atoms with Crippen molar-refractivity contribution in [1.29, 1.82) is 0 Å². The fourth-order valence-electron chi connectivity index (χ4n) is 4.30. The summed E-state index contributed by atoms with van der Waals surface area (Å²) >= 11 is 0. The van der Waals surface area contributed by atoms with Crippen LogP contribution in [0.2, 0.25) is 0 Å². The van der Waals surface area contributed by atoms with Crippen molar-refractivity contribution in [2.75, 3.05) is 13.1 Å². The van der Waals surface area contributed by atoms with Gasteiger partial charge in [0.1, 0.15) is 0 Å². The van der Waals surface area contributed by atoms with E-state index in [4.69, 9.17) is 0 Å². The molecule has 0 radical (unpaired) electrons. The zero-order valence-electron chi connectivity index (χ0n) is 15.1. The molecule has 3 nitrogen and oxygen atoms in total. The lowest BCUT2D eigenvalue weighted by Gasteiger charge is -2.21. The van der Waals surface area contributed by atoms with Gasteiger partial charge in [-0.2, -0.15) is 0 Å². The molecule has 1 aromatic carbocycles. The molecule has 132 valence electrons. The van der Waals surface area contributed by atoms with Crippen LogP contribution >= 0.6 is 0 Å². The van der Waals surface area contributed by atoms with Crippen LogP contribution in [0.3, 0.4) is 0 Å². The molecule has 0 spiro atoms. The highest BCUT2D eigenvalue weighted by molar-refractivity contribution is 5.94. The molecule has 2 unspecified atom stereocenters. The van der Waals surface area contributed by atoms with E-state index in [1.807, 2.05) is 12.1 Å². The minimum absolute atomic E-state index is 0.117. The molecular formula is C21H32N2O. The number of unbranched alkanes of at least 4 members (excludes halogenated alkanes) is 1. The molecule has 1 aliphatic carbocycles. The predicted molar refractivity (Wildman–Crippen MR) is 99.1 cm³/mol. The van der Waals surface area contributed by atoms with E-state index < -0.39 is 0 Å². The molecule has 24 heavy (non-hydrogen) atoms. The standard InChI is InChI=1S/C21H32N2O/c1-2-3-9-18-10-7-12-20(18)22-21(24)19-11-6-8-17(15-19)16-23-13-4-5-14-23/h6,8,11,15,18,20H,2-5,7,9-10,12-14,16H2,1H3,(H,22,24). The smallest absolute Gasteiger partial charge is 0.251 e. The van der Waals surface area contributed by atoms with Crippen molar-refractivity contribution in [3.05, 3.63) is 35.4 Å². The summed E-state index contributed by atoms with van der Waals surface area (Å²) in [4.78, 5) is 15.2. The van der Waals surface area contributed by atoms with Crippen LogP contribution in [0.4, 0.5) is 0 Å².